The maximum Gasteiger partial charge on any atom is 0.251 e. The molecule has 0 radical (unpaired) electrons. The summed E-state index contributed by atoms with van der Waals surface area (Å²) < 4.78 is 0. The van der Waals surface area contributed by atoms with Crippen LogP contribution in [-0.2, 0) is 6.42 Å². The molecule has 3 rings (SSSR count). The topological polar surface area (TPSA) is 67.8 Å². The van der Waals surface area contributed by atoms with E-state index in [0.29, 0.717) is 18.5 Å². The maximum atomic E-state index is 12.1. The van der Waals surface area contributed by atoms with Gasteiger partial charge in [0, 0.05) is 48.1 Å². The van der Waals surface area contributed by atoms with E-state index in [4.69, 9.17) is 0 Å². The molecule has 2 aromatic heterocycles. The SMILES string of the molecule is Cc1nc(-c2ccc(C(=O)NCCc3cnccn3)cc2)cs1. The summed E-state index contributed by atoms with van der Waals surface area (Å²) in [5.41, 5.74) is 3.47. The number of nitrogens with zero attached hydrogens (tertiary/aromatic N) is 3. The molecule has 0 bridgehead atoms. The van der Waals surface area contributed by atoms with Crippen molar-refractivity contribution in [2.75, 3.05) is 6.54 Å². The highest BCUT2D eigenvalue weighted by Gasteiger charge is 2.07. The minimum absolute atomic E-state index is 0.0881. The lowest BCUT2D eigenvalue weighted by molar-refractivity contribution is 0.0954. The van der Waals surface area contributed by atoms with Gasteiger partial charge in [0.1, 0.15) is 0 Å². The highest BCUT2D eigenvalue weighted by atomic mass is 32.1. The molecule has 6 heteroatoms. The first kappa shape index (κ1) is 15.3. The van der Waals surface area contributed by atoms with Crippen molar-refractivity contribution in [2.45, 2.75) is 13.3 Å². The Morgan fingerprint density at radius 2 is 2.04 bits per heavy atom. The summed E-state index contributed by atoms with van der Waals surface area (Å²) in [7, 11) is 0. The predicted octanol–water partition coefficient (Wildman–Crippen LogP) is 2.88. The Morgan fingerprint density at radius 1 is 1.22 bits per heavy atom. The minimum atomic E-state index is -0.0881. The Hall–Kier alpha value is -2.60. The van der Waals surface area contributed by atoms with Crippen molar-refractivity contribution in [3.05, 3.63) is 64.5 Å². The Balaban J connectivity index is 1.57. The number of amides is 1. The van der Waals surface area contributed by atoms with Crippen molar-refractivity contribution in [3.8, 4) is 11.3 Å². The van der Waals surface area contributed by atoms with Crippen LogP contribution in [0.25, 0.3) is 11.3 Å². The molecule has 23 heavy (non-hydrogen) atoms. The molecule has 0 unspecified atom stereocenters. The van der Waals surface area contributed by atoms with Crippen molar-refractivity contribution < 1.29 is 4.79 Å². The normalized spacial score (nSPS) is 10.5. The first-order valence-electron chi connectivity index (χ1n) is 7.28. The number of carbonyl (C=O) groups excluding carboxylic acids is 1. The van der Waals surface area contributed by atoms with Gasteiger partial charge in [0.05, 0.1) is 16.4 Å². The van der Waals surface area contributed by atoms with E-state index in [1.54, 1.807) is 29.9 Å². The van der Waals surface area contributed by atoms with Crippen LogP contribution < -0.4 is 5.32 Å². The van der Waals surface area contributed by atoms with Crippen molar-refractivity contribution in [2.24, 2.45) is 0 Å². The Morgan fingerprint density at radius 3 is 2.70 bits per heavy atom. The summed E-state index contributed by atoms with van der Waals surface area (Å²) in [4.78, 5) is 24.7. The van der Waals surface area contributed by atoms with Gasteiger partial charge >= 0.3 is 0 Å². The molecule has 0 aliphatic rings. The summed E-state index contributed by atoms with van der Waals surface area (Å²) in [6, 6.07) is 7.49. The second-order valence-electron chi connectivity index (χ2n) is 5.03. The van der Waals surface area contributed by atoms with Crippen molar-refractivity contribution in [1.29, 1.82) is 0 Å². The van der Waals surface area contributed by atoms with Gasteiger partial charge < -0.3 is 5.32 Å². The fourth-order valence-electron chi connectivity index (χ4n) is 2.15. The van der Waals surface area contributed by atoms with Crippen LogP contribution in [0.2, 0.25) is 0 Å². The summed E-state index contributed by atoms with van der Waals surface area (Å²) in [6.07, 6.45) is 5.65. The second kappa shape index (κ2) is 7.11. The zero-order chi connectivity index (χ0) is 16.1. The predicted molar refractivity (Wildman–Crippen MR) is 90.4 cm³/mol. The molecular formula is C17H16N4OS. The lowest BCUT2D eigenvalue weighted by Gasteiger charge is -2.05. The fourth-order valence-corrected chi connectivity index (χ4v) is 2.78. The molecule has 0 saturated heterocycles. The Bertz CT molecular complexity index is 784. The average molecular weight is 324 g/mol. The van der Waals surface area contributed by atoms with Gasteiger partial charge in [0.2, 0.25) is 0 Å². The zero-order valence-electron chi connectivity index (χ0n) is 12.7. The van der Waals surface area contributed by atoms with Gasteiger partial charge in [-0.2, -0.15) is 0 Å². The molecule has 0 saturated carbocycles. The van der Waals surface area contributed by atoms with Crippen molar-refractivity contribution >= 4 is 17.2 Å². The van der Waals surface area contributed by atoms with Crippen LogP contribution >= 0.6 is 11.3 Å². The van der Waals surface area contributed by atoms with Crippen LogP contribution in [0.15, 0.2) is 48.2 Å². The zero-order valence-corrected chi connectivity index (χ0v) is 13.5. The van der Waals surface area contributed by atoms with Gasteiger partial charge in [-0.25, -0.2) is 4.98 Å². The summed E-state index contributed by atoms with van der Waals surface area (Å²) >= 11 is 1.62. The van der Waals surface area contributed by atoms with Crippen LogP contribution in [0.1, 0.15) is 21.1 Å². The van der Waals surface area contributed by atoms with Crippen LogP contribution in [0.5, 0.6) is 0 Å². The number of aromatic nitrogens is 3. The number of rotatable bonds is 5. The Kier molecular flexibility index (Phi) is 4.73. The van der Waals surface area contributed by atoms with Crippen LogP contribution in [0, 0.1) is 6.92 Å². The van der Waals surface area contributed by atoms with Crippen LogP contribution in [-0.4, -0.2) is 27.4 Å². The molecule has 0 aliphatic heterocycles. The summed E-state index contributed by atoms with van der Waals surface area (Å²) in [5, 5.41) is 5.94. The molecule has 1 N–H and O–H groups in total. The van der Waals surface area contributed by atoms with E-state index in [2.05, 4.69) is 20.3 Å². The van der Waals surface area contributed by atoms with E-state index in [9.17, 15) is 4.79 Å². The third-order valence-corrected chi connectivity index (χ3v) is 4.12. The van der Waals surface area contributed by atoms with E-state index in [1.165, 1.54) is 0 Å². The first-order chi connectivity index (χ1) is 11.2. The lowest BCUT2D eigenvalue weighted by atomic mass is 10.1. The molecule has 1 aromatic carbocycles. The quantitative estimate of drug-likeness (QED) is 0.783. The van der Waals surface area contributed by atoms with Crippen molar-refractivity contribution in [3.63, 3.8) is 0 Å². The third-order valence-electron chi connectivity index (χ3n) is 3.35. The number of hydrogen-bond acceptors (Lipinski definition) is 5. The van der Waals surface area contributed by atoms with E-state index >= 15 is 0 Å². The number of nitrogens with one attached hydrogen (secondary N) is 1. The van der Waals surface area contributed by atoms with Gasteiger partial charge in [0.25, 0.3) is 5.91 Å². The van der Waals surface area contributed by atoms with Gasteiger partial charge in [-0.1, -0.05) is 12.1 Å². The molecule has 0 spiro atoms. The standard InChI is InChI=1S/C17H16N4OS/c1-12-21-16(11-23-12)13-2-4-14(5-3-13)17(22)20-7-6-15-10-18-8-9-19-15/h2-5,8-11H,6-7H2,1H3,(H,20,22). The van der Waals surface area contributed by atoms with E-state index in [-0.39, 0.29) is 5.91 Å². The van der Waals surface area contributed by atoms with Gasteiger partial charge in [-0.05, 0) is 19.1 Å². The molecule has 5 nitrogen and oxygen atoms in total. The highest BCUT2D eigenvalue weighted by molar-refractivity contribution is 7.09. The molecule has 0 fully saturated rings. The molecule has 116 valence electrons. The minimum Gasteiger partial charge on any atom is -0.352 e. The van der Waals surface area contributed by atoms with E-state index < -0.39 is 0 Å². The second-order valence-corrected chi connectivity index (χ2v) is 6.09. The van der Waals surface area contributed by atoms with Gasteiger partial charge in [-0.15, -0.1) is 11.3 Å². The van der Waals surface area contributed by atoms with E-state index in [0.717, 1.165) is 22.0 Å². The number of thiazole rings is 1. The number of hydrogen-bond donors (Lipinski definition) is 1. The molecule has 2 heterocycles. The molecular weight excluding hydrogens is 308 g/mol. The fraction of sp³-hybridized carbons (Fsp3) is 0.176. The first-order valence-corrected chi connectivity index (χ1v) is 8.16. The largest absolute Gasteiger partial charge is 0.352 e. The molecule has 3 aromatic rings. The molecule has 0 atom stereocenters. The van der Waals surface area contributed by atoms with Crippen LogP contribution in [0.4, 0.5) is 0 Å². The highest BCUT2D eigenvalue weighted by Crippen LogP contribution is 2.21. The van der Waals surface area contributed by atoms with Crippen molar-refractivity contribution in [1.82, 2.24) is 20.3 Å². The van der Waals surface area contributed by atoms with Gasteiger partial charge in [-0.3, -0.25) is 14.8 Å². The number of carbonyl (C=O) groups is 1. The van der Waals surface area contributed by atoms with Gasteiger partial charge in [0.15, 0.2) is 0 Å². The molecule has 0 aliphatic carbocycles. The number of benzene rings is 1. The monoisotopic (exact) mass is 324 g/mol. The van der Waals surface area contributed by atoms with E-state index in [1.807, 2.05) is 36.6 Å². The third kappa shape index (κ3) is 3.98. The van der Waals surface area contributed by atoms with Crippen LogP contribution in [0.3, 0.4) is 0 Å². The maximum absolute atomic E-state index is 12.1. The average Bonchev–Trinajstić information content (AvgIpc) is 3.02. The lowest BCUT2D eigenvalue weighted by Crippen LogP contribution is -2.25. The summed E-state index contributed by atoms with van der Waals surface area (Å²) in [5.74, 6) is -0.0881. The molecule has 1 amide bonds. The summed E-state index contributed by atoms with van der Waals surface area (Å²) in [6.45, 7) is 2.51. The number of aryl methyl sites for hydroxylation is 1. The smallest absolute Gasteiger partial charge is 0.251 e. The Labute approximate surface area is 138 Å².